The molecule has 0 aromatic heterocycles. The van der Waals surface area contributed by atoms with Gasteiger partial charge in [0.05, 0.1) is 0 Å². The Morgan fingerprint density at radius 1 is 0.323 bits per heavy atom. The van der Waals surface area contributed by atoms with Gasteiger partial charge in [-0.15, -0.1) is 21.9 Å². The van der Waals surface area contributed by atoms with Crippen LogP contribution in [0.4, 0.5) is 83.4 Å². The van der Waals surface area contributed by atoms with Crippen molar-refractivity contribution in [3.05, 3.63) is 183 Å². The number of halogens is 20. The van der Waals surface area contributed by atoms with Gasteiger partial charge < -0.3 is 0 Å². The van der Waals surface area contributed by atoms with Gasteiger partial charge >= 0.3 is 21.2 Å². The normalized spacial score (nSPS) is 11.7. The topological polar surface area (TPSA) is 0 Å². The summed E-state index contributed by atoms with van der Waals surface area (Å²) in [5, 5.41) is 0. The summed E-state index contributed by atoms with van der Waals surface area (Å²) < 4.78 is 285. The zero-order valence-corrected chi connectivity index (χ0v) is 33.5. The highest BCUT2D eigenvalue weighted by Crippen LogP contribution is 2.31. The van der Waals surface area contributed by atoms with E-state index in [1.807, 2.05) is 0 Å². The summed E-state index contributed by atoms with van der Waals surface area (Å²) in [6.45, 7) is 6.76. The molecule has 0 saturated heterocycles. The lowest BCUT2D eigenvalue weighted by atomic mass is 9.12. The van der Waals surface area contributed by atoms with Crippen LogP contribution in [0.1, 0.15) is 36.5 Å². The molecule has 0 unspecified atom stereocenters. The lowest BCUT2D eigenvalue weighted by molar-refractivity contribution is -0.597. The molecule has 0 fully saturated rings. The first-order valence-electron chi connectivity index (χ1n) is 17.2. The van der Waals surface area contributed by atoms with E-state index < -0.39 is 144 Å². The van der Waals surface area contributed by atoms with E-state index in [-0.39, 0.29) is 28.1 Å². The Labute approximate surface area is 348 Å². The average Bonchev–Trinajstić information content (AvgIpc) is 3.24. The summed E-state index contributed by atoms with van der Waals surface area (Å²) in [6, 6.07) is 18.1. The van der Waals surface area contributed by atoms with Crippen LogP contribution in [-0.4, -0.2) is 6.15 Å². The Morgan fingerprint density at radius 3 is 0.806 bits per heavy atom. The number of benzene rings is 6. The zero-order valence-electron chi connectivity index (χ0n) is 31.3. The third kappa shape index (κ3) is 7.77. The Hall–Kier alpha value is -5.22. The minimum atomic E-state index is -7.05. The summed E-state index contributed by atoms with van der Waals surface area (Å²) in [6.07, 6.45) is -7.05. The quantitative estimate of drug-likeness (QED) is 0.0520. The van der Waals surface area contributed by atoms with E-state index in [1.165, 1.54) is 18.3 Å². The molecule has 0 amide bonds. The van der Waals surface area contributed by atoms with Gasteiger partial charge in [-0.2, -0.15) is 0 Å². The third-order valence-electron chi connectivity index (χ3n) is 9.75. The van der Waals surface area contributed by atoms with E-state index in [0.717, 1.165) is 0 Å². The molecular weight excluding hydrogens is 991 g/mol. The molecule has 21 heteroatoms. The highest BCUT2D eigenvalue weighted by atomic mass is 127. The highest BCUT2D eigenvalue weighted by Gasteiger charge is 2.52. The van der Waals surface area contributed by atoms with Crippen LogP contribution in [0.3, 0.4) is 0 Å². The molecule has 0 saturated carbocycles. The molecule has 6 aromatic rings. The van der Waals surface area contributed by atoms with Crippen LogP contribution in [0.2, 0.25) is 0 Å². The maximum Gasteiger partial charge on any atom is 0.357 e. The maximum atomic E-state index is 15.6. The van der Waals surface area contributed by atoms with Crippen LogP contribution >= 0.6 is 0 Å². The number of hydrogen-bond donors (Lipinski definition) is 0. The smallest absolute Gasteiger partial charge is 0.207 e. The minimum absolute atomic E-state index is 0.0167. The summed E-state index contributed by atoms with van der Waals surface area (Å²) in [5.41, 5.74) is -12.8. The van der Waals surface area contributed by atoms with Crippen LogP contribution in [0.15, 0.2) is 48.5 Å². The van der Waals surface area contributed by atoms with Gasteiger partial charge in [0.25, 0.3) is 0 Å². The molecule has 0 aliphatic carbocycles. The van der Waals surface area contributed by atoms with Crippen molar-refractivity contribution in [3.8, 4) is 0 Å². The second kappa shape index (κ2) is 17.9. The van der Waals surface area contributed by atoms with Crippen LogP contribution in [0.5, 0.6) is 0 Å². The van der Waals surface area contributed by atoms with Crippen LogP contribution in [-0.2, 0) is 0 Å². The lowest BCUT2D eigenvalue weighted by Gasteiger charge is -2.45. The van der Waals surface area contributed by atoms with E-state index in [4.69, 9.17) is 0 Å². The molecule has 0 N–H and O–H groups in total. The maximum absolute atomic E-state index is 15.6. The second-order valence-corrected chi connectivity index (χ2v) is 16.7. The number of aryl methyl sites for hydroxylation is 1. The second-order valence-electron chi connectivity index (χ2n) is 13.7. The van der Waals surface area contributed by atoms with E-state index >= 15 is 35.1 Å². The monoisotopic (exact) mass is 1010 g/mol. The fourth-order valence-corrected chi connectivity index (χ4v) is 8.80. The Bertz CT molecular complexity index is 2350. The van der Waals surface area contributed by atoms with Crippen LogP contribution in [0, 0.1) is 132 Å². The molecule has 0 radical (unpaired) electrons. The highest BCUT2D eigenvalue weighted by molar-refractivity contribution is 7.20. The molecule has 6 rings (SSSR count). The summed E-state index contributed by atoms with van der Waals surface area (Å²) in [7, 11) is 0. The largest absolute Gasteiger partial charge is 0.357 e. The Kier molecular flexibility index (Phi) is 13.8. The molecule has 6 aromatic carbocycles. The van der Waals surface area contributed by atoms with Crippen molar-refractivity contribution in [2.45, 2.75) is 33.6 Å². The van der Waals surface area contributed by atoms with Gasteiger partial charge in [0, 0.05) is 5.56 Å². The van der Waals surface area contributed by atoms with Crippen molar-refractivity contribution in [2.75, 3.05) is 0 Å². The summed E-state index contributed by atoms with van der Waals surface area (Å²) in [5.74, 6) is -64.2. The first kappa shape index (κ1) is 47.8. The van der Waals surface area contributed by atoms with E-state index in [2.05, 4.69) is 69.3 Å². The molecule has 0 aliphatic rings. The van der Waals surface area contributed by atoms with Gasteiger partial charge in [0.1, 0.15) is 52.7 Å². The van der Waals surface area contributed by atoms with Gasteiger partial charge in [-0.25, -0.2) is 83.4 Å². The van der Waals surface area contributed by atoms with Crippen LogP contribution in [0.25, 0.3) is 0 Å². The molecule has 0 spiro atoms. The molecule has 328 valence electrons. The predicted octanol–water partition coefficient (Wildman–Crippen LogP) is 7.26. The van der Waals surface area contributed by atoms with Gasteiger partial charge in [-0.05, 0) is 49.6 Å². The van der Waals surface area contributed by atoms with Gasteiger partial charge in [0.2, 0.25) is 0 Å². The Morgan fingerprint density at radius 2 is 0.548 bits per heavy atom. The molecule has 0 aliphatic heterocycles. The van der Waals surface area contributed by atoms with E-state index in [0.29, 0.717) is 5.92 Å². The molecule has 0 atom stereocenters. The average molecular weight is 1010 g/mol. The molecule has 0 heterocycles. The fourth-order valence-electron chi connectivity index (χ4n) is 6.64. The van der Waals surface area contributed by atoms with E-state index in [9.17, 15) is 48.3 Å². The minimum Gasteiger partial charge on any atom is -0.207 e. The zero-order chi connectivity index (χ0) is 46.6. The SMILES string of the molecule is Cc1c(F)c(F)c([B-](c2c(F)c(F)c(F)c(F)c2F)(c2c(F)c(F)c(F)c(F)c2F)c2c(F)c(F)c(F)c(F)c2F)c(F)c1F.Cc1ccc([I+]c2ccc(C(C)C)cc2)cc1. The van der Waals surface area contributed by atoms with Crippen molar-refractivity contribution in [1.82, 2.24) is 0 Å². The third-order valence-corrected chi connectivity index (χ3v) is 12.4. The predicted molar refractivity (Wildman–Crippen MR) is 183 cm³/mol. The van der Waals surface area contributed by atoms with Crippen molar-refractivity contribution >= 4 is 28.0 Å². The first-order chi connectivity index (χ1) is 28.8. The standard InChI is InChI=1S/C25H3BF19.C16H18I/c1-2-7(27)9(29)3(10(30)8(2)28)26(4-11(31)17(37)23(43)18(38)12(4)32,5-13(33)19(39)24(44)20(40)14(5)34)6-15(35)21(41)25(45)22(42)16(6)36;1-12(2)14-6-10-16(11-7-14)17-15-8-4-13(3)5-9-15/h1H3;4-12H,1-3H3/q-1;+1. The van der Waals surface area contributed by atoms with E-state index in [1.54, 1.807) is 0 Å². The Balaban J connectivity index is 0.000000355. The van der Waals surface area contributed by atoms with Gasteiger partial charge in [-0.3, -0.25) is 0 Å². The first-order valence-corrected chi connectivity index (χ1v) is 19.4. The molecule has 62 heavy (non-hydrogen) atoms. The summed E-state index contributed by atoms with van der Waals surface area (Å²) >= 11 is -0.0167. The fraction of sp³-hybridized carbons (Fsp3) is 0.122. The number of hydrogen-bond acceptors (Lipinski definition) is 0. The molecular formula is C41H21BF19I. The van der Waals surface area contributed by atoms with Crippen molar-refractivity contribution in [2.24, 2.45) is 0 Å². The van der Waals surface area contributed by atoms with Crippen molar-refractivity contribution < 1.29 is 105 Å². The lowest BCUT2D eigenvalue weighted by Crippen LogP contribution is -3.61. The van der Waals surface area contributed by atoms with Crippen molar-refractivity contribution in [3.63, 3.8) is 0 Å². The van der Waals surface area contributed by atoms with Gasteiger partial charge in [-0.1, -0.05) is 43.7 Å². The molecule has 0 bridgehead atoms. The molecule has 0 nitrogen and oxygen atoms in total. The van der Waals surface area contributed by atoms with Crippen molar-refractivity contribution in [1.29, 1.82) is 0 Å². The number of rotatable bonds is 7. The van der Waals surface area contributed by atoms with Gasteiger partial charge in [0.15, 0.2) is 71.1 Å². The summed E-state index contributed by atoms with van der Waals surface area (Å²) in [4.78, 5) is 0. The van der Waals surface area contributed by atoms with Crippen LogP contribution < -0.4 is 43.1 Å².